The third-order valence-corrected chi connectivity index (χ3v) is 4.71. The van der Waals surface area contributed by atoms with E-state index >= 15 is 0 Å². The second-order valence-corrected chi connectivity index (χ2v) is 6.59. The molecule has 1 unspecified atom stereocenters. The van der Waals surface area contributed by atoms with Gasteiger partial charge < -0.3 is 14.0 Å². The van der Waals surface area contributed by atoms with Crippen molar-refractivity contribution in [2.75, 3.05) is 33.4 Å². The van der Waals surface area contributed by atoms with Crippen molar-refractivity contribution in [1.29, 1.82) is 0 Å². The topological polar surface area (TPSA) is 78.4 Å². The number of hydrogen-bond donors (Lipinski definition) is 0. The third kappa shape index (κ3) is 3.97. The second-order valence-electron chi connectivity index (χ2n) is 6.59. The molecule has 3 heterocycles. The van der Waals surface area contributed by atoms with Crippen LogP contribution in [0, 0.1) is 0 Å². The first-order valence-electron chi connectivity index (χ1n) is 9.18. The van der Waals surface area contributed by atoms with E-state index in [1.807, 2.05) is 37.5 Å². The number of rotatable bonds is 6. The molecule has 0 amide bonds. The first-order chi connectivity index (χ1) is 13.7. The zero-order valence-corrected chi connectivity index (χ0v) is 16.0. The highest BCUT2D eigenvalue weighted by molar-refractivity contribution is 5.57. The Kier molecular flexibility index (Phi) is 5.50. The van der Waals surface area contributed by atoms with Crippen molar-refractivity contribution in [2.24, 2.45) is 7.05 Å². The molecule has 0 spiro atoms. The largest absolute Gasteiger partial charge is 0.496 e. The van der Waals surface area contributed by atoms with E-state index in [0.717, 1.165) is 30.0 Å². The van der Waals surface area contributed by atoms with Crippen molar-refractivity contribution >= 4 is 6.08 Å². The van der Waals surface area contributed by atoms with Gasteiger partial charge in [0.1, 0.15) is 5.75 Å². The molecule has 28 heavy (non-hydrogen) atoms. The Labute approximate surface area is 163 Å². The second kappa shape index (κ2) is 8.37. The van der Waals surface area contributed by atoms with E-state index in [0.29, 0.717) is 24.9 Å². The summed E-state index contributed by atoms with van der Waals surface area (Å²) in [4.78, 5) is 6.85. The number of ether oxygens (including phenoxy) is 2. The normalized spacial score (nSPS) is 18.0. The van der Waals surface area contributed by atoms with Gasteiger partial charge >= 0.3 is 0 Å². The van der Waals surface area contributed by atoms with E-state index in [1.54, 1.807) is 18.0 Å². The lowest BCUT2D eigenvalue weighted by molar-refractivity contribution is -0.00645. The number of benzene rings is 1. The maximum atomic E-state index is 5.66. The summed E-state index contributed by atoms with van der Waals surface area (Å²) in [5.41, 5.74) is 1.86. The van der Waals surface area contributed by atoms with Gasteiger partial charge in [0, 0.05) is 31.9 Å². The Balaban J connectivity index is 1.47. The molecule has 1 aliphatic heterocycles. The summed E-state index contributed by atoms with van der Waals surface area (Å²) in [6.45, 7) is 2.78. The van der Waals surface area contributed by atoms with Crippen molar-refractivity contribution in [2.45, 2.75) is 6.04 Å². The van der Waals surface area contributed by atoms with E-state index in [9.17, 15) is 0 Å². The molecule has 0 aliphatic carbocycles. The Morgan fingerprint density at radius 2 is 2.21 bits per heavy atom. The van der Waals surface area contributed by atoms with Crippen molar-refractivity contribution in [3.63, 3.8) is 0 Å². The zero-order chi connectivity index (χ0) is 19.3. The number of aryl methyl sites for hydroxylation is 1. The molecule has 146 valence electrons. The summed E-state index contributed by atoms with van der Waals surface area (Å²) in [6, 6.07) is 7.90. The Bertz CT molecular complexity index is 949. The minimum atomic E-state index is -0.0507. The minimum Gasteiger partial charge on any atom is -0.496 e. The summed E-state index contributed by atoms with van der Waals surface area (Å²) in [6.07, 6.45) is 7.76. The highest BCUT2D eigenvalue weighted by Crippen LogP contribution is 2.25. The molecule has 0 N–H and O–H groups in total. The third-order valence-electron chi connectivity index (χ3n) is 4.71. The van der Waals surface area contributed by atoms with Crippen molar-refractivity contribution in [3.8, 4) is 17.2 Å². The monoisotopic (exact) mass is 381 g/mol. The highest BCUT2D eigenvalue weighted by Gasteiger charge is 2.28. The first-order valence-corrected chi connectivity index (χ1v) is 9.18. The molecule has 0 saturated carbocycles. The van der Waals surface area contributed by atoms with Crippen LogP contribution in [0.15, 0.2) is 47.3 Å². The zero-order valence-electron chi connectivity index (χ0n) is 16.0. The fraction of sp³-hybridized carbons (Fsp3) is 0.350. The molecule has 3 aromatic rings. The number of aromatic nitrogens is 4. The SMILES string of the molecule is COc1ccccc1/C=C/CN1CCOCC1c1noc(-c2cnn(C)c2)n1. The standard InChI is InChI=1S/C20H23N5O3/c1-24-13-16(12-21-24)20-22-19(23-28-20)17-14-27-11-10-25(17)9-5-7-15-6-3-4-8-18(15)26-2/h3-8,12-13,17H,9-11,14H2,1-2H3/b7-5+. The molecule has 0 bridgehead atoms. The number of hydrogen-bond acceptors (Lipinski definition) is 7. The van der Waals surface area contributed by atoms with Gasteiger partial charge in [-0.1, -0.05) is 35.5 Å². The predicted octanol–water partition coefficient (Wildman–Crippen LogP) is 2.57. The van der Waals surface area contributed by atoms with E-state index in [4.69, 9.17) is 14.0 Å². The van der Waals surface area contributed by atoms with Gasteiger partial charge in [-0.15, -0.1) is 0 Å². The quantitative estimate of drug-likeness (QED) is 0.649. The van der Waals surface area contributed by atoms with Gasteiger partial charge in [0.05, 0.1) is 38.1 Å². The molecule has 1 fully saturated rings. The van der Waals surface area contributed by atoms with E-state index in [1.165, 1.54) is 0 Å². The number of morpholine rings is 1. The summed E-state index contributed by atoms with van der Waals surface area (Å²) in [5, 5.41) is 8.33. The van der Waals surface area contributed by atoms with Crippen LogP contribution in [0.4, 0.5) is 0 Å². The van der Waals surface area contributed by atoms with Gasteiger partial charge in [0.25, 0.3) is 5.89 Å². The van der Waals surface area contributed by atoms with Crippen LogP contribution in [0.25, 0.3) is 17.5 Å². The summed E-state index contributed by atoms with van der Waals surface area (Å²) in [7, 11) is 3.53. The molecule has 1 atom stereocenters. The number of nitrogens with zero attached hydrogens (tertiary/aromatic N) is 5. The number of methoxy groups -OCH3 is 1. The lowest BCUT2D eigenvalue weighted by Gasteiger charge is -2.32. The van der Waals surface area contributed by atoms with Crippen molar-refractivity contribution < 1.29 is 14.0 Å². The van der Waals surface area contributed by atoms with Crippen LogP contribution in [0.3, 0.4) is 0 Å². The average Bonchev–Trinajstić information content (AvgIpc) is 3.38. The molecule has 2 aromatic heterocycles. The fourth-order valence-corrected chi connectivity index (χ4v) is 3.23. The van der Waals surface area contributed by atoms with Gasteiger partial charge in [-0.3, -0.25) is 9.58 Å². The Hall–Kier alpha value is -2.97. The summed E-state index contributed by atoms with van der Waals surface area (Å²) in [5.74, 6) is 1.96. The molecule has 1 saturated heterocycles. The van der Waals surface area contributed by atoms with Gasteiger partial charge in [-0.25, -0.2) is 0 Å². The summed E-state index contributed by atoms with van der Waals surface area (Å²) >= 11 is 0. The van der Waals surface area contributed by atoms with Crippen LogP contribution in [0.2, 0.25) is 0 Å². The highest BCUT2D eigenvalue weighted by atomic mass is 16.5. The van der Waals surface area contributed by atoms with Crippen LogP contribution in [0.1, 0.15) is 17.4 Å². The minimum absolute atomic E-state index is 0.0507. The van der Waals surface area contributed by atoms with Crippen LogP contribution in [-0.2, 0) is 11.8 Å². The lowest BCUT2D eigenvalue weighted by atomic mass is 10.1. The van der Waals surface area contributed by atoms with Gasteiger partial charge in [0.15, 0.2) is 5.82 Å². The van der Waals surface area contributed by atoms with Crippen LogP contribution >= 0.6 is 0 Å². The van der Waals surface area contributed by atoms with E-state index < -0.39 is 0 Å². The Morgan fingerprint density at radius 1 is 1.32 bits per heavy atom. The predicted molar refractivity (Wildman–Crippen MR) is 104 cm³/mol. The van der Waals surface area contributed by atoms with E-state index in [2.05, 4.69) is 32.3 Å². The van der Waals surface area contributed by atoms with Crippen LogP contribution in [0.5, 0.6) is 5.75 Å². The Morgan fingerprint density at radius 3 is 3.04 bits per heavy atom. The molecule has 4 rings (SSSR count). The van der Waals surface area contributed by atoms with Crippen molar-refractivity contribution in [1.82, 2.24) is 24.8 Å². The van der Waals surface area contributed by atoms with Gasteiger partial charge in [-0.05, 0) is 6.07 Å². The maximum absolute atomic E-state index is 5.66. The molecular formula is C20H23N5O3. The molecule has 1 aromatic carbocycles. The van der Waals surface area contributed by atoms with Crippen LogP contribution in [-0.4, -0.2) is 58.2 Å². The molecule has 0 radical (unpaired) electrons. The average molecular weight is 381 g/mol. The molecule has 8 nitrogen and oxygen atoms in total. The maximum Gasteiger partial charge on any atom is 0.261 e. The van der Waals surface area contributed by atoms with E-state index in [-0.39, 0.29) is 6.04 Å². The molecular weight excluding hydrogens is 358 g/mol. The molecule has 1 aliphatic rings. The lowest BCUT2D eigenvalue weighted by Crippen LogP contribution is -2.40. The van der Waals surface area contributed by atoms with Gasteiger partial charge in [0.2, 0.25) is 0 Å². The van der Waals surface area contributed by atoms with Crippen LogP contribution < -0.4 is 4.74 Å². The smallest absolute Gasteiger partial charge is 0.261 e. The fourth-order valence-electron chi connectivity index (χ4n) is 3.23. The van der Waals surface area contributed by atoms with Crippen molar-refractivity contribution in [3.05, 3.63) is 54.1 Å². The summed E-state index contributed by atoms with van der Waals surface area (Å²) < 4.78 is 18.2. The number of para-hydroxylation sites is 1. The molecule has 8 heteroatoms. The van der Waals surface area contributed by atoms with Gasteiger partial charge in [-0.2, -0.15) is 10.1 Å². The first kappa shape index (κ1) is 18.4.